The van der Waals surface area contributed by atoms with E-state index in [1.807, 2.05) is 6.92 Å². The van der Waals surface area contributed by atoms with Gasteiger partial charge in [0.15, 0.2) is 0 Å². The summed E-state index contributed by atoms with van der Waals surface area (Å²) in [6.07, 6.45) is 0. The normalized spacial score (nSPS) is 11.5. The molecule has 2 aromatic heterocycles. The minimum Gasteiger partial charge on any atom is -0.494 e. The number of nitrogens with zero attached hydrogens (tertiary/aromatic N) is 4. The van der Waals surface area contributed by atoms with Gasteiger partial charge in [0.25, 0.3) is 5.91 Å². The molecule has 0 spiro atoms. The Hall–Kier alpha value is -4.19. The maximum Gasteiger partial charge on any atom is 0.356 e. The van der Waals surface area contributed by atoms with E-state index in [1.165, 1.54) is 43.5 Å². The summed E-state index contributed by atoms with van der Waals surface area (Å²) in [6.45, 7) is 4.47. The van der Waals surface area contributed by atoms with Crippen LogP contribution in [-0.2, 0) is 17.7 Å². The molecule has 0 radical (unpaired) electrons. The van der Waals surface area contributed by atoms with Crippen LogP contribution in [0.15, 0.2) is 42.5 Å². The number of carbonyl (C=O) groups excluding carboxylic acids is 2. The first-order valence-electron chi connectivity index (χ1n) is 11.5. The third-order valence-corrected chi connectivity index (χ3v) is 6.70. The number of imidazole rings is 1. The molecule has 4 rings (SSSR count). The second-order valence-corrected chi connectivity index (χ2v) is 9.93. The zero-order chi connectivity index (χ0) is 27.6. The second-order valence-electron chi connectivity index (χ2n) is 8.32. The Morgan fingerprint density at radius 3 is 2.47 bits per heavy atom. The predicted octanol–water partition coefficient (Wildman–Crippen LogP) is 1.80. The first-order chi connectivity index (χ1) is 18.0. The first-order valence-corrected chi connectivity index (χ1v) is 13.2. The van der Waals surface area contributed by atoms with Crippen molar-refractivity contribution in [3.05, 3.63) is 59.4 Å². The van der Waals surface area contributed by atoms with Gasteiger partial charge in [-0.05, 0) is 56.3 Å². The van der Waals surface area contributed by atoms with Gasteiger partial charge in [-0.2, -0.15) is 5.10 Å². The van der Waals surface area contributed by atoms with Gasteiger partial charge in [-0.3, -0.25) is 24.2 Å². The molecule has 0 aliphatic heterocycles. The molecule has 5 N–H and O–H groups in total. The van der Waals surface area contributed by atoms with Gasteiger partial charge in [-0.1, -0.05) is 0 Å². The van der Waals surface area contributed by atoms with Crippen LogP contribution >= 0.6 is 7.60 Å². The molecule has 13 nitrogen and oxygen atoms in total. The summed E-state index contributed by atoms with van der Waals surface area (Å²) in [7, 11) is -2.92. The minimum absolute atomic E-state index is 0.107. The van der Waals surface area contributed by atoms with Gasteiger partial charge in [0, 0.05) is 12.1 Å². The number of aryl methyl sites for hydroxylation is 2. The number of carbonyl (C=O) groups is 2. The highest BCUT2D eigenvalue weighted by molar-refractivity contribution is 7.60. The van der Waals surface area contributed by atoms with Crippen molar-refractivity contribution in [2.24, 2.45) is 5.73 Å². The maximum atomic E-state index is 13.1. The Balaban J connectivity index is 1.67. The number of fused-ring (bicyclic) bond motifs is 1. The fourth-order valence-corrected chi connectivity index (χ4v) is 4.50. The number of aromatic nitrogens is 4. The van der Waals surface area contributed by atoms with Crippen LogP contribution in [0.4, 0.5) is 5.95 Å². The first kappa shape index (κ1) is 26.9. The van der Waals surface area contributed by atoms with E-state index in [1.54, 1.807) is 22.2 Å². The van der Waals surface area contributed by atoms with Crippen LogP contribution in [0.3, 0.4) is 0 Å². The zero-order valence-electron chi connectivity index (χ0n) is 20.9. The van der Waals surface area contributed by atoms with Crippen molar-refractivity contribution in [1.82, 2.24) is 19.3 Å². The van der Waals surface area contributed by atoms with Crippen molar-refractivity contribution >= 4 is 41.7 Å². The van der Waals surface area contributed by atoms with E-state index in [9.17, 15) is 23.9 Å². The molecule has 0 fully saturated rings. The molecule has 0 unspecified atom stereocenters. The highest BCUT2D eigenvalue weighted by Gasteiger charge is 2.22. The third-order valence-electron chi connectivity index (χ3n) is 5.73. The molecule has 200 valence electrons. The molecule has 0 aliphatic rings. The Morgan fingerprint density at radius 1 is 1.16 bits per heavy atom. The van der Waals surface area contributed by atoms with E-state index in [2.05, 4.69) is 15.4 Å². The van der Waals surface area contributed by atoms with Gasteiger partial charge in [0.2, 0.25) is 11.9 Å². The van der Waals surface area contributed by atoms with Gasteiger partial charge in [0.05, 0.1) is 30.2 Å². The van der Waals surface area contributed by atoms with Crippen LogP contribution in [0.1, 0.15) is 33.5 Å². The van der Waals surface area contributed by atoms with E-state index in [4.69, 9.17) is 15.2 Å². The lowest BCUT2D eigenvalue weighted by molar-refractivity contribution is 0.0995. The Bertz CT molecular complexity index is 1550. The third kappa shape index (κ3) is 5.54. The summed E-state index contributed by atoms with van der Waals surface area (Å²) in [4.78, 5) is 48.1. The standard InChI is InChI=1S/C24H27N6O7P/c1-4-30-19(11-14(2)28-30)23(32)27-24-26-18-12-15(22(25)31)13-20(36-3)21(18)29(24)9-10-37-16-5-7-17(8-6-16)38(33,34)35/h5-8,11-13H,4,9-10H2,1-3H3,(H2,25,31)(H,26,27,32)(H2,33,34,35). The van der Waals surface area contributed by atoms with Crippen molar-refractivity contribution in [3.8, 4) is 11.5 Å². The lowest BCUT2D eigenvalue weighted by atomic mass is 10.1. The van der Waals surface area contributed by atoms with E-state index in [0.717, 1.165) is 0 Å². The monoisotopic (exact) mass is 542 g/mol. The Labute approximate surface area is 217 Å². The van der Waals surface area contributed by atoms with Gasteiger partial charge < -0.3 is 29.6 Å². The molecule has 14 heteroatoms. The van der Waals surface area contributed by atoms with Crippen molar-refractivity contribution < 1.29 is 33.4 Å². The number of hydrogen-bond acceptors (Lipinski definition) is 7. The van der Waals surface area contributed by atoms with E-state index in [-0.39, 0.29) is 30.0 Å². The number of anilines is 1. The lowest BCUT2D eigenvalue weighted by Gasteiger charge is -2.14. The molecule has 0 atom stereocenters. The number of amides is 2. The van der Waals surface area contributed by atoms with Gasteiger partial charge in [-0.25, -0.2) is 4.98 Å². The van der Waals surface area contributed by atoms with Crippen LogP contribution in [0.2, 0.25) is 0 Å². The van der Waals surface area contributed by atoms with Crippen LogP contribution < -0.4 is 25.8 Å². The summed E-state index contributed by atoms with van der Waals surface area (Å²) >= 11 is 0. The fraction of sp³-hybridized carbons (Fsp3) is 0.250. The maximum absolute atomic E-state index is 13.1. The number of hydrogen-bond donors (Lipinski definition) is 4. The molecular formula is C24H27N6O7P. The van der Waals surface area contributed by atoms with E-state index < -0.39 is 19.4 Å². The molecule has 38 heavy (non-hydrogen) atoms. The summed E-state index contributed by atoms with van der Waals surface area (Å²) in [6, 6.07) is 10.2. The molecule has 4 aromatic rings. The number of ether oxygens (including phenoxy) is 2. The van der Waals surface area contributed by atoms with Crippen LogP contribution in [0, 0.1) is 6.92 Å². The van der Waals surface area contributed by atoms with Crippen LogP contribution in [0.5, 0.6) is 11.5 Å². The number of benzene rings is 2. The fourth-order valence-electron chi connectivity index (χ4n) is 3.97. The van der Waals surface area contributed by atoms with Crippen molar-refractivity contribution in [1.29, 1.82) is 0 Å². The molecule has 0 saturated heterocycles. The quantitative estimate of drug-likeness (QED) is 0.217. The Morgan fingerprint density at radius 2 is 1.87 bits per heavy atom. The minimum atomic E-state index is -4.36. The van der Waals surface area contributed by atoms with E-state index >= 15 is 0 Å². The smallest absolute Gasteiger partial charge is 0.356 e. The van der Waals surface area contributed by atoms with Crippen molar-refractivity contribution in [3.63, 3.8) is 0 Å². The summed E-state index contributed by atoms with van der Waals surface area (Å²) in [5.41, 5.74) is 7.59. The average Bonchev–Trinajstić information content (AvgIpc) is 3.42. The molecule has 0 aliphatic carbocycles. The molecule has 2 amide bonds. The summed E-state index contributed by atoms with van der Waals surface area (Å²) in [5, 5.41) is 7.00. The van der Waals surface area contributed by atoms with Crippen LogP contribution in [0.25, 0.3) is 11.0 Å². The van der Waals surface area contributed by atoms with Gasteiger partial charge in [0.1, 0.15) is 29.3 Å². The molecule has 2 heterocycles. The summed E-state index contributed by atoms with van der Waals surface area (Å²) in [5.74, 6) is -0.180. The highest BCUT2D eigenvalue weighted by Crippen LogP contribution is 2.34. The van der Waals surface area contributed by atoms with Gasteiger partial charge in [-0.15, -0.1) is 0 Å². The molecular weight excluding hydrogens is 515 g/mol. The van der Waals surface area contributed by atoms with Crippen LogP contribution in [-0.4, -0.2) is 54.6 Å². The Kier molecular flexibility index (Phi) is 7.53. The van der Waals surface area contributed by atoms with Crippen molar-refractivity contribution in [2.75, 3.05) is 19.0 Å². The number of methoxy groups -OCH3 is 1. The second kappa shape index (κ2) is 10.7. The molecule has 0 bridgehead atoms. The summed E-state index contributed by atoms with van der Waals surface area (Å²) < 4.78 is 25.9. The predicted molar refractivity (Wildman–Crippen MR) is 139 cm³/mol. The largest absolute Gasteiger partial charge is 0.494 e. The number of rotatable bonds is 10. The number of primary amides is 1. The number of nitrogens with two attached hydrogens (primary N) is 1. The molecule has 2 aromatic carbocycles. The lowest BCUT2D eigenvalue weighted by Crippen LogP contribution is -2.21. The molecule has 0 saturated carbocycles. The zero-order valence-corrected chi connectivity index (χ0v) is 21.8. The topological polar surface area (TPSA) is 184 Å². The number of nitrogens with one attached hydrogen (secondary N) is 1. The average molecular weight is 542 g/mol. The highest BCUT2D eigenvalue weighted by atomic mass is 31.2. The SMILES string of the molecule is CCn1nc(C)cc1C(=O)Nc1nc2cc(C(N)=O)cc(OC)c2n1CCOc1ccc(P(=O)(O)O)cc1. The van der Waals surface area contributed by atoms with Gasteiger partial charge >= 0.3 is 7.60 Å². The van der Waals surface area contributed by atoms with Crippen molar-refractivity contribution in [2.45, 2.75) is 26.9 Å². The van der Waals surface area contributed by atoms with E-state index in [0.29, 0.717) is 40.5 Å².